The molecule has 130 valence electrons. The molecule has 1 atom stereocenters. The van der Waals surface area contributed by atoms with Crippen LogP contribution < -0.4 is 5.32 Å². The zero-order valence-corrected chi connectivity index (χ0v) is 14.6. The highest BCUT2D eigenvalue weighted by Crippen LogP contribution is 2.28. The summed E-state index contributed by atoms with van der Waals surface area (Å²) in [4.78, 5) is 26.8. The normalized spacial score (nSPS) is 16.7. The van der Waals surface area contributed by atoms with Crippen LogP contribution in [-0.2, 0) is 9.59 Å². The van der Waals surface area contributed by atoms with Crippen molar-refractivity contribution in [1.82, 2.24) is 4.90 Å². The summed E-state index contributed by atoms with van der Waals surface area (Å²) in [5, 5.41) is 3.05. The minimum atomic E-state index is -0.358. The van der Waals surface area contributed by atoms with E-state index < -0.39 is 0 Å². The van der Waals surface area contributed by atoms with Gasteiger partial charge in [0.2, 0.25) is 11.8 Å². The van der Waals surface area contributed by atoms with Gasteiger partial charge in [-0.25, -0.2) is 0 Å². The average Bonchev–Trinajstić information content (AvgIpc) is 3.13. The molecule has 0 spiro atoms. The Morgan fingerprint density at radius 1 is 1.08 bits per heavy atom. The third-order valence-corrected chi connectivity index (χ3v) is 4.61. The van der Waals surface area contributed by atoms with Crippen LogP contribution in [0.1, 0.15) is 32.6 Å². The summed E-state index contributed by atoms with van der Waals surface area (Å²) >= 11 is 0. The molecule has 1 fully saturated rings. The van der Waals surface area contributed by atoms with E-state index in [0.717, 1.165) is 36.1 Å². The molecular weight excluding hydrogens is 312 g/mol. The fourth-order valence-electron chi connectivity index (χ4n) is 3.37. The van der Waals surface area contributed by atoms with Crippen LogP contribution >= 0.6 is 0 Å². The lowest BCUT2D eigenvalue weighted by molar-refractivity contribution is -0.136. The molecule has 0 aliphatic carbocycles. The van der Waals surface area contributed by atoms with Crippen molar-refractivity contribution in [3.05, 3.63) is 54.6 Å². The quantitative estimate of drug-likeness (QED) is 0.894. The Morgan fingerprint density at radius 3 is 2.56 bits per heavy atom. The van der Waals surface area contributed by atoms with Gasteiger partial charge >= 0.3 is 0 Å². The van der Waals surface area contributed by atoms with Crippen molar-refractivity contribution >= 4 is 17.5 Å². The molecule has 2 aromatic rings. The van der Waals surface area contributed by atoms with E-state index in [9.17, 15) is 9.59 Å². The molecule has 4 heteroatoms. The third-order valence-electron chi connectivity index (χ3n) is 4.61. The minimum Gasteiger partial charge on any atom is -0.331 e. The van der Waals surface area contributed by atoms with Crippen LogP contribution in [0.2, 0.25) is 0 Å². The Balaban J connectivity index is 1.79. The number of amides is 2. The molecule has 2 amide bonds. The highest BCUT2D eigenvalue weighted by Gasteiger charge is 2.33. The number of hydrogen-bond donors (Lipinski definition) is 1. The first kappa shape index (κ1) is 17.2. The molecule has 4 nitrogen and oxygen atoms in total. The van der Waals surface area contributed by atoms with Gasteiger partial charge < -0.3 is 10.2 Å². The lowest BCUT2D eigenvalue weighted by Crippen LogP contribution is -2.43. The number of nitrogens with zero attached hydrogens (tertiary/aromatic N) is 1. The molecule has 3 rings (SSSR count). The van der Waals surface area contributed by atoms with Crippen LogP contribution in [0.4, 0.5) is 5.69 Å². The van der Waals surface area contributed by atoms with Crippen molar-refractivity contribution < 1.29 is 9.59 Å². The number of carbonyl (C=O) groups excluding carboxylic acids is 2. The summed E-state index contributed by atoms with van der Waals surface area (Å²) in [7, 11) is 0. The van der Waals surface area contributed by atoms with Gasteiger partial charge in [0.25, 0.3) is 0 Å². The van der Waals surface area contributed by atoms with Gasteiger partial charge in [0.1, 0.15) is 6.04 Å². The maximum Gasteiger partial charge on any atom is 0.247 e. The summed E-state index contributed by atoms with van der Waals surface area (Å²) < 4.78 is 0. The van der Waals surface area contributed by atoms with Gasteiger partial charge in [-0.05, 0) is 30.9 Å². The molecule has 0 bridgehead atoms. The minimum absolute atomic E-state index is 0.0801. The summed E-state index contributed by atoms with van der Waals surface area (Å²) in [6.45, 7) is 2.66. The number of benzene rings is 2. The predicted octanol–water partition coefficient (Wildman–Crippen LogP) is 4.08. The number of carbonyl (C=O) groups is 2. The first-order valence-corrected chi connectivity index (χ1v) is 8.95. The summed E-state index contributed by atoms with van der Waals surface area (Å²) in [5.41, 5.74) is 2.83. The van der Waals surface area contributed by atoms with Crippen molar-refractivity contribution in [2.24, 2.45) is 0 Å². The fourth-order valence-corrected chi connectivity index (χ4v) is 3.37. The van der Waals surface area contributed by atoms with Crippen LogP contribution in [0, 0.1) is 0 Å². The number of rotatable bonds is 5. The highest BCUT2D eigenvalue weighted by molar-refractivity contribution is 6.00. The molecular formula is C21H24N2O2. The lowest BCUT2D eigenvalue weighted by Gasteiger charge is -2.24. The highest BCUT2D eigenvalue weighted by atomic mass is 16.2. The smallest absolute Gasteiger partial charge is 0.247 e. The average molecular weight is 336 g/mol. The van der Waals surface area contributed by atoms with E-state index in [-0.39, 0.29) is 17.9 Å². The molecule has 25 heavy (non-hydrogen) atoms. The molecule has 1 heterocycles. The van der Waals surface area contributed by atoms with Crippen molar-refractivity contribution in [2.75, 3.05) is 11.9 Å². The molecule has 1 N–H and O–H groups in total. The number of anilines is 1. The number of likely N-dealkylation sites (tertiary alicyclic amines) is 1. The van der Waals surface area contributed by atoms with Crippen LogP contribution in [-0.4, -0.2) is 29.3 Å². The van der Waals surface area contributed by atoms with Crippen molar-refractivity contribution in [3.63, 3.8) is 0 Å². The second kappa shape index (κ2) is 7.97. The monoisotopic (exact) mass is 336 g/mol. The van der Waals surface area contributed by atoms with E-state index in [1.54, 1.807) is 4.90 Å². The Kier molecular flexibility index (Phi) is 5.49. The van der Waals surface area contributed by atoms with Gasteiger partial charge in [0, 0.05) is 24.2 Å². The summed E-state index contributed by atoms with van der Waals surface area (Å²) in [6.07, 6.45) is 2.92. The van der Waals surface area contributed by atoms with E-state index in [2.05, 4.69) is 5.32 Å². The molecule has 1 saturated heterocycles. The van der Waals surface area contributed by atoms with Crippen molar-refractivity contribution in [3.8, 4) is 11.1 Å². The first-order chi connectivity index (χ1) is 12.2. The van der Waals surface area contributed by atoms with E-state index in [1.807, 2.05) is 61.5 Å². The number of nitrogens with one attached hydrogen (secondary N) is 1. The van der Waals surface area contributed by atoms with Crippen LogP contribution in [0.3, 0.4) is 0 Å². The Labute approximate surface area is 148 Å². The van der Waals surface area contributed by atoms with Crippen LogP contribution in [0.25, 0.3) is 11.1 Å². The molecule has 0 aromatic heterocycles. The van der Waals surface area contributed by atoms with Gasteiger partial charge in [-0.2, -0.15) is 0 Å². The zero-order chi connectivity index (χ0) is 17.6. The molecule has 2 aromatic carbocycles. The molecule has 1 aliphatic heterocycles. The Bertz CT molecular complexity index is 743. The predicted molar refractivity (Wildman–Crippen MR) is 100 cm³/mol. The van der Waals surface area contributed by atoms with E-state index in [1.165, 1.54) is 0 Å². The Morgan fingerprint density at radius 2 is 1.80 bits per heavy atom. The first-order valence-electron chi connectivity index (χ1n) is 8.95. The Hall–Kier alpha value is -2.62. The van der Waals surface area contributed by atoms with Crippen molar-refractivity contribution in [2.45, 2.75) is 38.6 Å². The van der Waals surface area contributed by atoms with Gasteiger partial charge in [-0.1, -0.05) is 55.5 Å². The fraction of sp³-hybridized carbons (Fsp3) is 0.333. The van der Waals surface area contributed by atoms with E-state index >= 15 is 0 Å². The largest absolute Gasteiger partial charge is 0.331 e. The van der Waals surface area contributed by atoms with Gasteiger partial charge in [-0.15, -0.1) is 0 Å². The third kappa shape index (κ3) is 3.90. The van der Waals surface area contributed by atoms with Crippen LogP contribution in [0.5, 0.6) is 0 Å². The summed E-state index contributed by atoms with van der Waals surface area (Å²) in [5.74, 6) is -0.0122. The van der Waals surface area contributed by atoms with Crippen LogP contribution in [0.15, 0.2) is 54.6 Å². The van der Waals surface area contributed by atoms with Gasteiger partial charge in [0.05, 0.1) is 0 Å². The topological polar surface area (TPSA) is 49.4 Å². The number of hydrogen-bond acceptors (Lipinski definition) is 2. The SMILES string of the molecule is CCCC(=O)N1CCCC1C(=O)Nc1ccccc1-c1ccccc1. The van der Waals surface area contributed by atoms with E-state index in [0.29, 0.717) is 13.0 Å². The van der Waals surface area contributed by atoms with Gasteiger partial charge in [0.15, 0.2) is 0 Å². The van der Waals surface area contributed by atoms with Gasteiger partial charge in [-0.3, -0.25) is 9.59 Å². The van der Waals surface area contributed by atoms with Crippen molar-refractivity contribution in [1.29, 1.82) is 0 Å². The second-order valence-corrected chi connectivity index (χ2v) is 6.40. The maximum absolute atomic E-state index is 12.8. The molecule has 1 aliphatic rings. The standard InChI is InChI=1S/C21H24N2O2/c1-2-9-20(24)23-15-8-14-19(23)21(25)22-18-13-7-6-12-17(18)16-10-4-3-5-11-16/h3-7,10-13,19H,2,8-9,14-15H2,1H3,(H,22,25). The molecule has 0 radical (unpaired) electrons. The molecule has 0 saturated carbocycles. The number of para-hydroxylation sites is 1. The lowest BCUT2D eigenvalue weighted by atomic mass is 10.0. The maximum atomic E-state index is 12.8. The second-order valence-electron chi connectivity index (χ2n) is 6.40. The summed E-state index contributed by atoms with van der Waals surface area (Å²) in [6, 6.07) is 17.4. The molecule has 1 unspecified atom stereocenters. The van der Waals surface area contributed by atoms with E-state index in [4.69, 9.17) is 0 Å². The zero-order valence-electron chi connectivity index (χ0n) is 14.6.